The van der Waals surface area contributed by atoms with Gasteiger partial charge in [-0.1, -0.05) is 48.0 Å². The van der Waals surface area contributed by atoms with Crippen molar-refractivity contribution in [2.75, 3.05) is 16.8 Å². The van der Waals surface area contributed by atoms with Gasteiger partial charge in [0, 0.05) is 29.5 Å². The van der Waals surface area contributed by atoms with Crippen LogP contribution in [0.4, 0.5) is 11.6 Å². The lowest BCUT2D eigenvalue weighted by Crippen LogP contribution is -2.31. The Bertz CT molecular complexity index is 930. The Kier molecular flexibility index (Phi) is 6.04. The van der Waals surface area contributed by atoms with Crippen LogP contribution >= 0.6 is 11.6 Å². The summed E-state index contributed by atoms with van der Waals surface area (Å²) in [4.78, 5) is 23.5. The Labute approximate surface area is 164 Å². The number of amides is 1. The van der Waals surface area contributed by atoms with E-state index in [1.807, 2.05) is 68.4 Å². The van der Waals surface area contributed by atoms with Gasteiger partial charge in [-0.15, -0.1) is 0 Å². The molecule has 2 aromatic carbocycles. The average Bonchev–Trinajstić information content (AvgIpc) is 2.68. The summed E-state index contributed by atoms with van der Waals surface area (Å²) < 4.78 is 0. The maximum absolute atomic E-state index is 13.0. The minimum atomic E-state index is -0.157. The predicted molar refractivity (Wildman–Crippen MR) is 109 cm³/mol. The first-order chi connectivity index (χ1) is 13.1. The fourth-order valence-corrected chi connectivity index (χ4v) is 2.97. The van der Waals surface area contributed by atoms with E-state index in [2.05, 4.69) is 15.3 Å². The number of halogens is 1. The molecular formula is C21H21ClN4O. The van der Waals surface area contributed by atoms with Crippen LogP contribution in [0, 0.1) is 6.92 Å². The van der Waals surface area contributed by atoms with Crippen molar-refractivity contribution in [1.29, 1.82) is 0 Å². The van der Waals surface area contributed by atoms with E-state index in [0.717, 1.165) is 16.9 Å². The number of hydrogen-bond acceptors (Lipinski definition) is 4. The summed E-state index contributed by atoms with van der Waals surface area (Å²) in [7, 11) is 0. The molecule has 1 heterocycles. The first-order valence-electron chi connectivity index (χ1n) is 8.78. The zero-order valence-corrected chi connectivity index (χ0v) is 16.1. The van der Waals surface area contributed by atoms with Crippen molar-refractivity contribution < 1.29 is 4.79 Å². The van der Waals surface area contributed by atoms with Crippen LogP contribution in [-0.2, 0) is 6.54 Å². The van der Waals surface area contributed by atoms with Crippen molar-refractivity contribution in [3.8, 4) is 0 Å². The van der Waals surface area contributed by atoms with E-state index in [1.54, 1.807) is 11.0 Å². The van der Waals surface area contributed by atoms with Crippen molar-refractivity contribution >= 4 is 29.1 Å². The summed E-state index contributed by atoms with van der Waals surface area (Å²) in [6.07, 6.45) is 0. The van der Waals surface area contributed by atoms with E-state index in [1.165, 1.54) is 0 Å². The number of carbonyl (C=O) groups excluding carboxylic acids is 1. The molecule has 0 aliphatic heterocycles. The maximum Gasteiger partial charge on any atom is 0.277 e. The SMILES string of the molecule is CCN(C(=O)c1cc(C)nc(NCc2ccccc2Cl)n1)c1ccccc1. The van der Waals surface area contributed by atoms with Crippen LogP contribution in [0.25, 0.3) is 0 Å². The molecule has 1 N–H and O–H groups in total. The van der Waals surface area contributed by atoms with Crippen LogP contribution in [0.15, 0.2) is 60.7 Å². The molecule has 0 saturated heterocycles. The molecule has 0 saturated carbocycles. The molecule has 0 atom stereocenters. The molecular weight excluding hydrogens is 360 g/mol. The molecule has 0 bridgehead atoms. The van der Waals surface area contributed by atoms with Crippen LogP contribution in [0.1, 0.15) is 28.7 Å². The number of benzene rings is 2. The van der Waals surface area contributed by atoms with E-state index in [4.69, 9.17) is 11.6 Å². The Morgan fingerprint density at radius 1 is 1.07 bits per heavy atom. The largest absolute Gasteiger partial charge is 0.350 e. The molecule has 3 rings (SSSR count). The van der Waals surface area contributed by atoms with Gasteiger partial charge < -0.3 is 10.2 Å². The molecule has 0 fully saturated rings. The average molecular weight is 381 g/mol. The van der Waals surface area contributed by atoms with E-state index in [-0.39, 0.29) is 5.91 Å². The zero-order chi connectivity index (χ0) is 19.2. The molecule has 138 valence electrons. The van der Waals surface area contributed by atoms with Gasteiger partial charge in [-0.3, -0.25) is 4.79 Å². The maximum atomic E-state index is 13.0. The van der Waals surface area contributed by atoms with E-state index in [9.17, 15) is 4.79 Å². The normalized spacial score (nSPS) is 10.5. The van der Waals surface area contributed by atoms with Gasteiger partial charge in [-0.05, 0) is 43.7 Å². The van der Waals surface area contributed by atoms with Crippen molar-refractivity contribution in [1.82, 2.24) is 9.97 Å². The summed E-state index contributed by atoms with van der Waals surface area (Å²) in [6.45, 7) is 4.81. The second-order valence-corrected chi connectivity index (χ2v) is 6.46. The fourth-order valence-electron chi connectivity index (χ4n) is 2.76. The predicted octanol–water partition coefficient (Wildman–Crippen LogP) is 4.72. The summed E-state index contributed by atoms with van der Waals surface area (Å²) >= 11 is 6.19. The third kappa shape index (κ3) is 4.63. The van der Waals surface area contributed by atoms with Crippen LogP contribution in [0.5, 0.6) is 0 Å². The monoisotopic (exact) mass is 380 g/mol. The highest BCUT2D eigenvalue weighted by molar-refractivity contribution is 6.31. The first kappa shape index (κ1) is 18.9. The summed E-state index contributed by atoms with van der Waals surface area (Å²) in [6, 6.07) is 18.8. The minimum Gasteiger partial charge on any atom is -0.350 e. The van der Waals surface area contributed by atoms with Gasteiger partial charge in [0.2, 0.25) is 5.95 Å². The molecule has 5 nitrogen and oxygen atoms in total. The molecule has 6 heteroatoms. The van der Waals surface area contributed by atoms with Crippen LogP contribution in [-0.4, -0.2) is 22.4 Å². The van der Waals surface area contributed by atoms with E-state index in [0.29, 0.717) is 29.8 Å². The van der Waals surface area contributed by atoms with Crippen molar-refractivity contribution in [2.24, 2.45) is 0 Å². The molecule has 0 radical (unpaired) electrons. The van der Waals surface area contributed by atoms with Crippen molar-refractivity contribution in [2.45, 2.75) is 20.4 Å². The summed E-state index contributed by atoms with van der Waals surface area (Å²) in [5.74, 6) is 0.248. The highest BCUT2D eigenvalue weighted by atomic mass is 35.5. The van der Waals surface area contributed by atoms with Crippen molar-refractivity contribution in [3.63, 3.8) is 0 Å². The molecule has 0 aliphatic carbocycles. The Hall–Kier alpha value is -2.92. The van der Waals surface area contributed by atoms with Gasteiger partial charge in [0.1, 0.15) is 5.69 Å². The Morgan fingerprint density at radius 3 is 2.48 bits per heavy atom. The molecule has 0 aliphatic rings. The number of aryl methyl sites for hydroxylation is 1. The van der Waals surface area contributed by atoms with Gasteiger partial charge in [-0.25, -0.2) is 9.97 Å². The van der Waals surface area contributed by atoms with Crippen LogP contribution < -0.4 is 10.2 Å². The quantitative estimate of drug-likeness (QED) is 0.672. The van der Waals surface area contributed by atoms with Gasteiger partial charge in [-0.2, -0.15) is 0 Å². The Balaban J connectivity index is 1.82. The Morgan fingerprint density at radius 2 is 1.78 bits per heavy atom. The number of nitrogens with zero attached hydrogens (tertiary/aromatic N) is 3. The summed E-state index contributed by atoms with van der Waals surface area (Å²) in [5, 5.41) is 3.83. The lowest BCUT2D eigenvalue weighted by molar-refractivity contribution is 0.0983. The highest BCUT2D eigenvalue weighted by Gasteiger charge is 2.18. The topological polar surface area (TPSA) is 58.1 Å². The number of anilines is 2. The fraction of sp³-hybridized carbons (Fsp3) is 0.190. The number of nitrogens with one attached hydrogen (secondary N) is 1. The van der Waals surface area contributed by atoms with Gasteiger partial charge in [0.15, 0.2) is 0 Å². The first-order valence-corrected chi connectivity index (χ1v) is 9.16. The number of rotatable bonds is 6. The highest BCUT2D eigenvalue weighted by Crippen LogP contribution is 2.18. The number of hydrogen-bond donors (Lipinski definition) is 1. The second-order valence-electron chi connectivity index (χ2n) is 6.05. The molecule has 3 aromatic rings. The van der Waals surface area contributed by atoms with Crippen molar-refractivity contribution in [3.05, 3.63) is 82.6 Å². The van der Waals surface area contributed by atoms with Crippen LogP contribution in [0.2, 0.25) is 5.02 Å². The van der Waals surface area contributed by atoms with Crippen LogP contribution in [0.3, 0.4) is 0 Å². The molecule has 1 amide bonds. The molecule has 1 aromatic heterocycles. The lowest BCUT2D eigenvalue weighted by atomic mass is 10.2. The number of aromatic nitrogens is 2. The second kappa shape index (κ2) is 8.64. The van der Waals surface area contributed by atoms with E-state index < -0.39 is 0 Å². The number of carbonyl (C=O) groups is 1. The summed E-state index contributed by atoms with van der Waals surface area (Å²) in [5.41, 5.74) is 2.86. The molecule has 0 unspecified atom stereocenters. The standard InChI is InChI=1S/C21H21ClN4O/c1-3-26(17-10-5-4-6-11-17)20(27)19-13-15(2)24-21(25-19)23-14-16-9-7-8-12-18(16)22/h4-13H,3,14H2,1-2H3,(H,23,24,25). The molecule has 27 heavy (non-hydrogen) atoms. The van der Waals surface area contributed by atoms with Gasteiger partial charge >= 0.3 is 0 Å². The van der Waals surface area contributed by atoms with E-state index >= 15 is 0 Å². The number of para-hydroxylation sites is 1. The lowest BCUT2D eigenvalue weighted by Gasteiger charge is -2.21. The smallest absolute Gasteiger partial charge is 0.277 e. The van der Waals surface area contributed by atoms with Gasteiger partial charge in [0.25, 0.3) is 5.91 Å². The third-order valence-electron chi connectivity index (χ3n) is 4.10. The minimum absolute atomic E-state index is 0.157. The third-order valence-corrected chi connectivity index (χ3v) is 4.47. The zero-order valence-electron chi connectivity index (χ0n) is 15.3. The van der Waals surface area contributed by atoms with Gasteiger partial charge in [0.05, 0.1) is 0 Å². The molecule has 0 spiro atoms.